The SMILES string of the molecule is COC(=O)CN1C(=O)SC(=Cc2ccc(OC)cc2C)C1=O. The minimum atomic E-state index is -0.635. The van der Waals surface area contributed by atoms with Crippen LogP contribution in [0.2, 0.25) is 0 Å². The number of hydrogen-bond donors (Lipinski definition) is 0. The summed E-state index contributed by atoms with van der Waals surface area (Å²) in [6.45, 7) is 1.51. The van der Waals surface area contributed by atoms with E-state index in [1.165, 1.54) is 7.11 Å². The van der Waals surface area contributed by atoms with Crippen molar-refractivity contribution in [3.8, 4) is 5.75 Å². The van der Waals surface area contributed by atoms with Crippen LogP contribution in [0.4, 0.5) is 4.79 Å². The van der Waals surface area contributed by atoms with E-state index in [1.807, 2.05) is 19.1 Å². The molecular weight excluding hydrogens is 306 g/mol. The zero-order valence-electron chi connectivity index (χ0n) is 12.4. The van der Waals surface area contributed by atoms with Crippen molar-refractivity contribution >= 4 is 35.0 Å². The molecule has 0 bridgehead atoms. The fourth-order valence-electron chi connectivity index (χ4n) is 1.91. The first-order chi connectivity index (χ1) is 10.5. The Balaban J connectivity index is 2.24. The number of rotatable bonds is 4. The minimum absolute atomic E-state index is 0.280. The Morgan fingerprint density at radius 1 is 1.32 bits per heavy atom. The molecule has 0 aromatic heterocycles. The van der Waals surface area contributed by atoms with Crippen LogP contribution in [0.5, 0.6) is 5.75 Å². The molecule has 1 heterocycles. The highest BCUT2D eigenvalue weighted by atomic mass is 32.2. The van der Waals surface area contributed by atoms with Crippen LogP contribution in [0.3, 0.4) is 0 Å². The van der Waals surface area contributed by atoms with Gasteiger partial charge in [-0.25, -0.2) is 0 Å². The van der Waals surface area contributed by atoms with Crippen LogP contribution in [0.25, 0.3) is 6.08 Å². The molecule has 1 aromatic carbocycles. The second kappa shape index (κ2) is 6.65. The number of carbonyl (C=O) groups excluding carboxylic acids is 3. The summed E-state index contributed by atoms with van der Waals surface area (Å²) < 4.78 is 9.60. The van der Waals surface area contributed by atoms with E-state index in [4.69, 9.17) is 4.74 Å². The molecule has 1 aliphatic rings. The van der Waals surface area contributed by atoms with Crippen LogP contribution in [0, 0.1) is 6.92 Å². The van der Waals surface area contributed by atoms with E-state index >= 15 is 0 Å². The maximum absolute atomic E-state index is 12.2. The van der Waals surface area contributed by atoms with Gasteiger partial charge in [0.25, 0.3) is 11.1 Å². The fourth-order valence-corrected chi connectivity index (χ4v) is 2.74. The van der Waals surface area contributed by atoms with Gasteiger partial charge in [-0.1, -0.05) is 6.07 Å². The molecular formula is C15H15NO5S. The first-order valence-corrected chi connectivity index (χ1v) is 7.24. The lowest BCUT2D eigenvalue weighted by Gasteiger charge is -2.09. The lowest BCUT2D eigenvalue weighted by molar-refractivity contribution is -0.143. The third-order valence-electron chi connectivity index (χ3n) is 3.15. The first kappa shape index (κ1) is 16.1. The molecule has 7 heteroatoms. The zero-order valence-corrected chi connectivity index (χ0v) is 13.2. The van der Waals surface area contributed by atoms with Crippen molar-refractivity contribution in [2.24, 2.45) is 0 Å². The monoisotopic (exact) mass is 321 g/mol. The molecule has 0 aliphatic carbocycles. The van der Waals surface area contributed by atoms with Crippen molar-refractivity contribution in [2.75, 3.05) is 20.8 Å². The van der Waals surface area contributed by atoms with Crippen LogP contribution in [0.15, 0.2) is 23.1 Å². The summed E-state index contributed by atoms with van der Waals surface area (Å²) >= 11 is 0.807. The molecule has 1 aromatic rings. The Kier molecular flexibility index (Phi) is 4.87. The number of methoxy groups -OCH3 is 2. The number of hydrogen-bond acceptors (Lipinski definition) is 6. The Bertz CT molecular complexity index is 668. The highest BCUT2D eigenvalue weighted by Crippen LogP contribution is 2.33. The van der Waals surface area contributed by atoms with Gasteiger partial charge >= 0.3 is 5.97 Å². The molecule has 0 unspecified atom stereocenters. The molecule has 1 aliphatic heterocycles. The number of amides is 2. The lowest BCUT2D eigenvalue weighted by Crippen LogP contribution is -2.34. The van der Waals surface area contributed by atoms with E-state index in [2.05, 4.69) is 4.74 Å². The molecule has 116 valence electrons. The molecule has 2 amide bonds. The average molecular weight is 321 g/mol. The number of nitrogens with zero attached hydrogens (tertiary/aromatic N) is 1. The number of carbonyl (C=O) groups is 3. The summed E-state index contributed by atoms with van der Waals surface area (Å²) in [7, 11) is 2.78. The highest BCUT2D eigenvalue weighted by Gasteiger charge is 2.36. The molecule has 1 saturated heterocycles. The third-order valence-corrected chi connectivity index (χ3v) is 4.06. The summed E-state index contributed by atoms with van der Waals surface area (Å²) in [5, 5.41) is -0.479. The normalized spacial score (nSPS) is 16.3. The topological polar surface area (TPSA) is 72.9 Å². The molecule has 0 saturated carbocycles. The number of thioether (sulfide) groups is 1. The molecule has 22 heavy (non-hydrogen) atoms. The Hall–Kier alpha value is -2.28. The van der Waals surface area contributed by atoms with Crippen LogP contribution < -0.4 is 4.74 Å². The molecule has 0 spiro atoms. The summed E-state index contributed by atoms with van der Waals surface area (Å²) in [6, 6.07) is 5.42. The molecule has 6 nitrogen and oxygen atoms in total. The Morgan fingerprint density at radius 3 is 2.64 bits per heavy atom. The average Bonchev–Trinajstić information content (AvgIpc) is 2.76. The van der Waals surface area contributed by atoms with Gasteiger partial charge in [0.2, 0.25) is 0 Å². The number of esters is 1. The van der Waals surface area contributed by atoms with Gasteiger partial charge in [-0.2, -0.15) is 0 Å². The summed E-state index contributed by atoms with van der Waals surface area (Å²) in [5.41, 5.74) is 1.73. The van der Waals surface area contributed by atoms with Gasteiger partial charge in [0, 0.05) is 0 Å². The zero-order chi connectivity index (χ0) is 16.3. The maximum atomic E-state index is 12.2. The second-order valence-electron chi connectivity index (χ2n) is 4.57. The Labute approximate surface area is 132 Å². The summed E-state index contributed by atoms with van der Waals surface area (Å²) in [5.74, 6) is -0.409. The van der Waals surface area contributed by atoms with Gasteiger partial charge in [-0.15, -0.1) is 0 Å². The molecule has 2 rings (SSSR count). The minimum Gasteiger partial charge on any atom is -0.497 e. The van der Waals surface area contributed by atoms with Crippen molar-refractivity contribution in [1.82, 2.24) is 4.90 Å². The molecule has 0 atom stereocenters. The van der Waals surface area contributed by atoms with Gasteiger partial charge in [0.05, 0.1) is 19.1 Å². The van der Waals surface area contributed by atoms with Crippen molar-refractivity contribution in [3.63, 3.8) is 0 Å². The third kappa shape index (κ3) is 3.30. The van der Waals surface area contributed by atoms with Crippen molar-refractivity contribution < 1.29 is 23.9 Å². The van der Waals surface area contributed by atoms with Gasteiger partial charge in [0.15, 0.2) is 0 Å². The van der Waals surface area contributed by atoms with Crippen LogP contribution >= 0.6 is 11.8 Å². The second-order valence-corrected chi connectivity index (χ2v) is 5.56. The van der Waals surface area contributed by atoms with Crippen molar-refractivity contribution in [3.05, 3.63) is 34.2 Å². The van der Waals surface area contributed by atoms with Crippen LogP contribution in [0.1, 0.15) is 11.1 Å². The van der Waals surface area contributed by atoms with Crippen molar-refractivity contribution in [1.29, 1.82) is 0 Å². The fraction of sp³-hybridized carbons (Fsp3) is 0.267. The largest absolute Gasteiger partial charge is 0.497 e. The quantitative estimate of drug-likeness (QED) is 0.625. The predicted molar refractivity (Wildman–Crippen MR) is 82.4 cm³/mol. The Morgan fingerprint density at radius 2 is 2.05 bits per heavy atom. The van der Waals surface area contributed by atoms with Gasteiger partial charge in [-0.05, 0) is 48.0 Å². The lowest BCUT2D eigenvalue weighted by atomic mass is 10.1. The van der Waals surface area contributed by atoms with E-state index in [1.54, 1.807) is 19.3 Å². The molecule has 0 N–H and O–H groups in total. The van der Waals surface area contributed by atoms with Crippen LogP contribution in [-0.4, -0.2) is 42.8 Å². The van der Waals surface area contributed by atoms with E-state index in [0.717, 1.165) is 27.8 Å². The predicted octanol–water partition coefficient (Wildman–Crippen LogP) is 2.21. The summed E-state index contributed by atoms with van der Waals surface area (Å²) in [4.78, 5) is 36.4. The highest BCUT2D eigenvalue weighted by molar-refractivity contribution is 8.18. The number of imide groups is 1. The standard InChI is InChI=1S/C15H15NO5S/c1-9-6-11(20-2)5-4-10(9)7-12-14(18)16(15(19)22-12)8-13(17)21-3/h4-7H,8H2,1-3H3. The molecule has 1 fully saturated rings. The number of ether oxygens (including phenoxy) is 2. The molecule has 0 radical (unpaired) electrons. The van der Waals surface area contributed by atoms with Gasteiger partial charge in [0.1, 0.15) is 12.3 Å². The first-order valence-electron chi connectivity index (χ1n) is 6.43. The maximum Gasteiger partial charge on any atom is 0.325 e. The summed E-state index contributed by atoms with van der Waals surface area (Å²) in [6.07, 6.45) is 1.64. The van der Waals surface area contributed by atoms with E-state index in [0.29, 0.717) is 5.75 Å². The van der Waals surface area contributed by atoms with Crippen LogP contribution in [-0.2, 0) is 14.3 Å². The van der Waals surface area contributed by atoms with E-state index in [-0.39, 0.29) is 11.4 Å². The van der Waals surface area contributed by atoms with Gasteiger partial charge < -0.3 is 9.47 Å². The van der Waals surface area contributed by atoms with Crippen molar-refractivity contribution in [2.45, 2.75) is 6.92 Å². The number of aryl methyl sites for hydroxylation is 1. The van der Waals surface area contributed by atoms with E-state index in [9.17, 15) is 14.4 Å². The van der Waals surface area contributed by atoms with Gasteiger partial charge in [-0.3, -0.25) is 19.3 Å². The van der Waals surface area contributed by atoms with E-state index < -0.39 is 17.1 Å². The smallest absolute Gasteiger partial charge is 0.325 e. The number of benzene rings is 1.